The molecule has 1 N–H and O–H groups in total. The van der Waals surface area contributed by atoms with Crippen molar-refractivity contribution in [2.75, 3.05) is 13.1 Å². The number of rotatable bonds is 5. The average Bonchev–Trinajstić information content (AvgIpc) is 3.08. The monoisotopic (exact) mass is 349 g/mol. The van der Waals surface area contributed by atoms with Crippen molar-refractivity contribution in [1.29, 1.82) is 0 Å². The molecule has 1 aromatic heterocycles. The van der Waals surface area contributed by atoms with Gasteiger partial charge in [0.05, 0.1) is 5.92 Å². The number of likely N-dealkylation sites (tertiary alicyclic amines) is 1. The normalized spacial score (nSPS) is 15.0. The third-order valence-electron chi connectivity index (χ3n) is 4.65. The van der Waals surface area contributed by atoms with E-state index < -0.39 is 5.97 Å². The van der Waals surface area contributed by atoms with Crippen LogP contribution in [0.4, 0.5) is 0 Å². The Labute approximate surface area is 151 Å². The number of hydrogen-bond donors (Lipinski definition) is 1. The van der Waals surface area contributed by atoms with Gasteiger partial charge < -0.3 is 9.63 Å². The Morgan fingerprint density at radius 1 is 1.12 bits per heavy atom. The van der Waals surface area contributed by atoms with Crippen LogP contribution < -0.4 is 0 Å². The molecular formula is C20H19N3O3. The molecule has 0 amide bonds. The lowest BCUT2D eigenvalue weighted by atomic mass is 9.99. The molecule has 6 heteroatoms. The highest BCUT2D eigenvalue weighted by atomic mass is 16.5. The summed E-state index contributed by atoms with van der Waals surface area (Å²) in [5.74, 6) is 0.123. The van der Waals surface area contributed by atoms with Crippen molar-refractivity contribution < 1.29 is 14.4 Å². The van der Waals surface area contributed by atoms with Gasteiger partial charge in [-0.2, -0.15) is 4.98 Å². The van der Waals surface area contributed by atoms with Crippen molar-refractivity contribution >= 4 is 5.97 Å². The third kappa shape index (κ3) is 3.36. The maximum absolute atomic E-state index is 10.9. The number of aliphatic carboxylic acids is 1. The standard InChI is InChI=1S/C20H19N3O3/c1-13-2-6-16(7-3-13)19-21-18(22-26-19)15-8-4-14(5-9-15)10-23-11-17(12-23)20(24)25/h2-9,17H,10-12H2,1H3,(H,24,25). The van der Waals surface area contributed by atoms with Gasteiger partial charge in [0.1, 0.15) is 0 Å². The molecule has 4 rings (SSSR count). The van der Waals surface area contributed by atoms with E-state index >= 15 is 0 Å². The highest BCUT2D eigenvalue weighted by molar-refractivity contribution is 5.71. The number of aryl methyl sites for hydroxylation is 1. The van der Waals surface area contributed by atoms with E-state index in [2.05, 4.69) is 15.0 Å². The third-order valence-corrected chi connectivity index (χ3v) is 4.65. The van der Waals surface area contributed by atoms with E-state index in [1.165, 1.54) is 5.56 Å². The summed E-state index contributed by atoms with van der Waals surface area (Å²) in [5, 5.41) is 13.0. The molecule has 1 saturated heterocycles. The molecular weight excluding hydrogens is 330 g/mol. The van der Waals surface area contributed by atoms with Crippen LogP contribution in [-0.2, 0) is 11.3 Å². The minimum Gasteiger partial charge on any atom is -0.481 e. The lowest BCUT2D eigenvalue weighted by molar-refractivity contribution is -0.147. The summed E-state index contributed by atoms with van der Waals surface area (Å²) in [6, 6.07) is 15.9. The Morgan fingerprint density at radius 2 is 1.77 bits per heavy atom. The molecule has 1 aliphatic rings. The predicted molar refractivity (Wildman–Crippen MR) is 96.3 cm³/mol. The maximum Gasteiger partial charge on any atom is 0.309 e. The van der Waals surface area contributed by atoms with E-state index in [1.807, 2.05) is 55.5 Å². The van der Waals surface area contributed by atoms with Crippen LogP contribution in [0.2, 0.25) is 0 Å². The SMILES string of the molecule is Cc1ccc(-c2nc(-c3ccc(CN4CC(C(=O)O)C4)cc3)no2)cc1. The minimum atomic E-state index is -0.710. The lowest BCUT2D eigenvalue weighted by Gasteiger charge is -2.36. The fourth-order valence-corrected chi connectivity index (χ4v) is 3.03. The summed E-state index contributed by atoms with van der Waals surface area (Å²) in [7, 11) is 0. The van der Waals surface area contributed by atoms with Crippen molar-refractivity contribution in [3.63, 3.8) is 0 Å². The summed E-state index contributed by atoms with van der Waals surface area (Å²) < 4.78 is 5.38. The number of hydrogen-bond acceptors (Lipinski definition) is 5. The predicted octanol–water partition coefficient (Wildman–Crippen LogP) is 3.23. The van der Waals surface area contributed by atoms with Crippen molar-refractivity contribution in [1.82, 2.24) is 15.0 Å². The van der Waals surface area contributed by atoms with Crippen LogP contribution >= 0.6 is 0 Å². The lowest BCUT2D eigenvalue weighted by Crippen LogP contribution is -2.49. The summed E-state index contributed by atoms with van der Waals surface area (Å²) >= 11 is 0. The van der Waals surface area contributed by atoms with Crippen LogP contribution in [0.5, 0.6) is 0 Å². The Balaban J connectivity index is 1.43. The molecule has 0 unspecified atom stereocenters. The molecule has 2 aromatic carbocycles. The largest absolute Gasteiger partial charge is 0.481 e. The molecule has 1 fully saturated rings. The molecule has 0 spiro atoms. The summed E-state index contributed by atoms with van der Waals surface area (Å²) in [6.45, 7) is 4.02. The molecule has 0 atom stereocenters. The van der Waals surface area contributed by atoms with Gasteiger partial charge in [-0.1, -0.05) is 47.1 Å². The van der Waals surface area contributed by atoms with Gasteiger partial charge in [-0.3, -0.25) is 9.69 Å². The minimum absolute atomic E-state index is 0.228. The summed E-state index contributed by atoms with van der Waals surface area (Å²) in [4.78, 5) is 17.4. The molecule has 0 radical (unpaired) electrons. The summed E-state index contributed by atoms with van der Waals surface area (Å²) in [5.41, 5.74) is 4.11. The van der Waals surface area contributed by atoms with Crippen LogP contribution in [0.3, 0.4) is 0 Å². The molecule has 2 heterocycles. The van der Waals surface area contributed by atoms with Crippen LogP contribution in [0.25, 0.3) is 22.8 Å². The maximum atomic E-state index is 10.9. The van der Waals surface area contributed by atoms with E-state index in [9.17, 15) is 4.79 Å². The molecule has 0 bridgehead atoms. The molecule has 0 aliphatic carbocycles. The zero-order chi connectivity index (χ0) is 18.1. The van der Waals surface area contributed by atoms with Gasteiger partial charge in [-0.05, 0) is 24.6 Å². The Hall–Kier alpha value is -2.99. The number of aromatic nitrogens is 2. The van der Waals surface area contributed by atoms with E-state index in [4.69, 9.17) is 9.63 Å². The van der Waals surface area contributed by atoms with Gasteiger partial charge in [0.25, 0.3) is 5.89 Å². The Bertz CT molecular complexity index is 910. The van der Waals surface area contributed by atoms with Gasteiger partial charge in [0.2, 0.25) is 5.82 Å². The van der Waals surface area contributed by atoms with Crippen molar-refractivity contribution in [2.24, 2.45) is 5.92 Å². The van der Waals surface area contributed by atoms with Crippen LogP contribution in [0, 0.1) is 12.8 Å². The Morgan fingerprint density at radius 3 is 2.42 bits per heavy atom. The quantitative estimate of drug-likeness (QED) is 0.762. The molecule has 1 aliphatic heterocycles. The van der Waals surface area contributed by atoms with E-state index in [0.717, 1.165) is 23.2 Å². The van der Waals surface area contributed by atoms with Gasteiger partial charge >= 0.3 is 5.97 Å². The first-order valence-corrected chi connectivity index (χ1v) is 8.54. The molecule has 6 nitrogen and oxygen atoms in total. The van der Waals surface area contributed by atoms with Gasteiger partial charge in [-0.15, -0.1) is 0 Å². The van der Waals surface area contributed by atoms with Gasteiger partial charge in [-0.25, -0.2) is 0 Å². The fourth-order valence-electron chi connectivity index (χ4n) is 3.03. The second-order valence-electron chi connectivity index (χ2n) is 6.72. The number of carboxylic acid groups (broad SMARTS) is 1. The van der Waals surface area contributed by atoms with Crippen molar-refractivity contribution in [3.05, 3.63) is 59.7 Å². The first-order valence-electron chi connectivity index (χ1n) is 8.54. The second-order valence-corrected chi connectivity index (χ2v) is 6.72. The molecule has 132 valence electrons. The van der Waals surface area contributed by atoms with Crippen LogP contribution in [0.15, 0.2) is 53.1 Å². The zero-order valence-corrected chi connectivity index (χ0v) is 14.4. The number of carboxylic acids is 1. The van der Waals surface area contributed by atoms with Crippen molar-refractivity contribution in [3.8, 4) is 22.8 Å². The first-order chi connectivity index (χ1) is 12.6. The second kappa shape index (κ2) is 6.72. The number of carbonyl (C=O) groups is 1. The highest BCUT2D eigenvalue weighted by Gasteiger charge is 2.32. The number of benzene rings is 2. The fraction of sp³-hybridized carbons (Fsp3) is 0.250. The molecule has 0 saturated carbocycles. The van der Waals surface area contributed by atoms with Crippen LogP contribution in [0.1, 0.15) is 11.1 Å². The molecule has 3 aromatic rings. The number of nitrogens with zero attached hydrogens (tertiary/aromatic N) is 3. The van der Waals surface area contributed by atoms with Crippen LogP contribution in [-0.4, -0.2) is 39.2 Å². The van der Waals surface area contributed by atoms with Crippen molar-refractivity contribution in [2.45, 2.75) is 13.5 Å². The topological polar surface area (TPSA) is 79.5 Å². The smallest absolute Gasteiger partial charge is 0.309 e. The highest BCUT2D eigenvalue weighted by Crippen LogP contribution is 2.24. The van der Waals surface area contributed by atoms with E-state index in [1.54, 1.807) is 0 Å². The molecule has 26 heavy (non-hydrogen) atoms. The first kappa shape index (κ1) is 16.5. The average molecular weight is 349 g/mol. The Kier molecular flexibility index (Phi) is 4.26. The van der Waals surface area contributed by atoms with Gasteiger partial charge in [0.15, 0.2) is 0 Å². The van der Waals surface area contributed by atoms with E-state index in [0.29, 0.717) is 24.8 Å². The van der Waals surface area contributed by atoms with E-state index in [-0.39, 0.29) is 5.92 Å². The van der Waals surface area contributed by atoms with Gasteiger partial charge in [0, 0.05) is 30.8 Å². The zero-order valence-electron chi connectivity index (χ0n) is 14.4. The summed E-state index contributed by atoms with van der Waals surface area (Å²) in [6.07, 6.45) is 0.